The second-order valence-corrected chi connectivity index (χ2v) is 3.15. The van der Waals surface area contributed by atoms with Crippen LogP contribution < -0.4 is 11.1 Å². The lowest BCUT2D eigenvalue weighted by Crippen LogP contribution is -2.40. The minimum Gasteiger partial charge on any atom is -0.320 e. The van der Waals surface area contributed by atoms with E-state index in [-0.39, 0.29) is 17.8 Å². The van der Waals surface area contributed by atoms with Crippen LogP contribution in [0.15, 0.2) is 0 Å². The van der Waals surface area contributed by atoms with Crippen molar-refractivity contribution >= 4 is 11.9 Å². The standard InChI is InChI=1S/C7H14N6O/c1-3-4(2)5(8)6(14)9-7-10-12-13-11-7/h4-5H,3,8H2,1-2H3,(H2,9,10,11,12,13,14)/t4?,5-/m0/s1. The Hall–Kier alpha value is -1.50. The highest BCUT2D eigenvalue weighted by molar-refractivity contribution is 5.93. The first-order valence-electron chi connectivity index (χ1n) is 4.45. The summed E-state index contributed by atoms with van der Waals surface area (Å²) < 4.78 is 0. The lowest BCUT2D eigenvalue weighted by Gasteiger charge is -2.16. The summed E-state index contributed by atoms with van der Waals surface area (Å²) in [6.07, 6.45) is 0.850. The number of hydrogen-bond acceptors (Lipinski definition) is 5. The van der Waals surface area contributed by atoms with E-state index in [1.54, 1.807) is 0 Å². The Morgan fingerprint density at radius 3 is 2.93 bits per heavy atom. The van der Waals surface area contributed by atoms with Crippen molar-refractivity contribution in [2.24, 2.45) is 11.7 Å². The molecule has 4 N–H and O–H groups in total. The van der Waals surface area contributed by atoms with Gasteiger partial charge in [-0.1, -0.05) is 25.4 Å². The Morgan fingerprint density at radius 1 is 1.71 bits per heavy atom. The summed E-state index contributed by atoms with van der Waals surface area (Å²) >= 11 is 0. The summed E-state index contributed by atoms with van der Waals surface area (Å²) in [5, 5.41) is 15.1. The zero-order chi connectivity index (χ0) is 10.6. The molecule has 1 amide bonds. The molecule has 1 unspecified atom stereocenters. The highest BCUT2D eigenvalue weighted by Gasteiger charge is 2.20. The van der Waals surface area contributed by atoms with Gasteiger partial charge in [0.05, 0.1) is 6.04 Å². The summed E-state index contributed by atoms with van der Waals surface area (Å²) in [6.45, 7) is 3.90. The number of aromatic nitrogens is 4. The zero-order valence-electron chi connectivity index (χ0n) is 8.19. The largest absolute Gasteiger partial charge is 0.320 e. The molecule has 0 saturated heterocycles. The van der Waals surface area contributed by atoms with E-state index in [2.05, 4.69) is 25.9 Å². The van der Waals surface area contributed by atoms with Gasteiger partial charge in [0, 0.05) is 0 Å². The topological polar surface area (TPSA) is 110 Å². The predicted octanol–water partition coefficient (Wildman–Crippen LogP) is -0.488. The van der Waals surface area contributed by atoms with Crippen LogP contribution in [-0.4, -0.2) is 32.6 Å². The van der Waals surface area contributed by atoms with Gasteiger partial charge in [-0.05, 0) is 16.3 Å². The molecule has 7 heteroatoms. The molecule has 0 radical (unpaired) electrons. The fourth-order valence-electron chi connectivity index (χ4n) is 0.924. The quantitative estimate of drug-likeness (QED) is 0.604. The van der Waals surface area contributed by atoms with E-state index in [0.29, 0.717) is 0 Å². The number of carbonyl (C=O) groups excluding carboxylic acids is 1. The van der Waals surface area contributed by atoms with Gasteiger partial charge in [-0.3, -0.25) is 10.1 Å². The van der Waals surface area contributed by atoms with Crippen molar-refractivity contribution in [1.82, 2.24) is 20.6 Å². The van der Waals surface area contributed by atoms with E-state index >= 15 is 0 Å². The fourth-order valence-corrected chi connectivity index (χ4v) is 0.924. The average Bonchev–Trinajstić information content (AvgIpc) is 2.68. The van der Waals surface area contributed by atoms with Crippen LogP contribution in [0.1, 0.15) is 20.3 Å². The Balaban J connectivity index is 2.50. The second-order valence-electron chi connectivity index (χ2n) is 3.15. The molecule has 0 spiro atoms. The van der Waals surface area contributed by atoms with Crippen LogP contribution in [0.25, 0.3) is 0 Å². The van der Waals surface area contributed by atoms with Gasteiger partial charge in [0.15, 0.2) is 0 Å². The number of aromatic amines is 1. The van der Waals surface area contributed by atoms with Gasteiger partial charge in [-0.2, -0.15) is 0 Å². The SMILES string of the molecule is CCC(C)[C@H](N)C(=O)Nc1nnn[nH]1. The van der Waals surface area contributed by atoms with Crippen LogP contribution in [0, 0.1) is 5.92 Å². The number of tetrazole rings is 1. The van der Waals surface area contributed by atoms with Crippen molar-refractivity contribution in [3.63, 3.8) is 0 Å². The summed E-state index contributed by atoms with van der Waals surface area (Å²) in [4.78, 5) is 11.5. The van der Waals surface area contributed by atoms with E-state index in [4.69, 9.17) is 5.73 Å². The van der Waals surface area contributed by atoms with Crippen LogP contribution in [0.5, 0.6) is 0 Å². The van der Waals surface area contributed by atoms with Gasteiger partial charge in [0.2, 0.25) is 11.9 Å². The molecular weight excluding hydrogens is 184 g/mol. The van der Waals surface area contributed by atoms with Gasteiger partial charge in [0.1, 0.15) is 0 Å². The van der Waals surface area contributed by atoms with Gasteiger partial charge in [-0.15, -0.1) is 0 Å². The third kappa shape index (κ3) is 2.49. The normalized spacial score (nSPS) is 14.8. The zero-order valence-corrected chi connectivity index (χ0v) is 8.19. The van der Waals surface area contributed by atoms with Gasteiger partial charge >= 0.3 is 0 Å². The molecule has 0 aromatic carbocycles. The van der Waals surface area contributed by atoms with Crippen LogP contribution in [0.3, 0.4) is 0 Å². The third-order valence-electron chi connectivity index (χ3n) is 2.15. The van der Waals surface area contributed by atoms with E-state index < -0.39 is 6.04 Å². The lowest BCUT2D eigenvalue weighted by molar-refractivity contribution is -0.118. The molecule has 1 aromatic rings. The number of carbonyl (C=O) groups is 1. The summed E-state index contributed by atoms with van der Waals surface area (Å²) in [5.41, 5.74) is 5.69. The summed E-state index contributed by atoms with van der Waals surface area (Å²) in [7, 11) is 0. The molecule has 0 aliphatic carbocycles. The van der Waals surface area contributed by atoms with Crippen LogP contribution in [0.2, 0.25) is 0 Å². The van der Waals surface area contributed by atoms with Crippen molar-refractivity contribution in [3.8, 4) is 0 Å². The first-order chi connectivity index (χ1) is 6.65. The molecule has 78 valence electrons. The van der Waals surface area contributed by atoms with Crippen molar-refractivity contribution in [2.75, 3.05) is 5.32 Å². The molecule has 1 rings (SSSR count). The average molecular weight is 198 g/mol. The van der Waals surface area contributed by atoms with Gasteiger partial charge in [0.25, 0.3) is 0 Å². The van der Waals surface area contributed by atoms with E-state index in [1.807, 2.05) is 13.8 Å². The summed E-state index contributed by atoms with van der Waals surface area (Å²) in [5.74, 6) is 0.0672. The van der Waals surface area contributed by atoms with E-state index in [1.165, 1.54) is 0 Å². The lowest BCUT2D eigenvalue weighted by atomic mass is 10.00. The molecule has 2 atom stereocenters. The molecule has 0 bridgehead atoms. The smallest absolute Gasteiger partial charge is 0.246 e. The van der Waals surface area contributed by atoms with Gasteiger partial charge in [-0.25, -0.2) is 5.10 Å². The maximum atomic E-state index is 11.5. The van der Waals surface area contributed by atoms with Crippen molar-refractivity contribution in [1.29, 1.82) is 0 Å². The first kappa shape index (κ1) is 10.6. The maximum absolute atomic E-state index is 11.5. The van der Waals surface area contributed by atoms with E-state index in [9.17, 15) is 4.79 Å². The number of anilines is 1. The van der Waals surface area contributed by atoms with Crippen molar-refractivity contribution < 1.29 is 4.79 Å². The molecule has 1 aromatic heterocycles. The molecule has 7 nitrogen and oxygen atoms in total. The number of rotatable bonds is 4. The molecule has 0 fully saturated rings. The predicted molar refractivity (Wildman–Crippen MR) is 50.2 cm³/mol. The molecule has 0 aliphatic heterocycles. The Kier molecular flexibility index (Phi) is 3.52. The third-order valence-corrected chi connectivity index (χ3v) is 2.15. The van der Waals surface area contributed by atoms with Crippen molar-refractivity contribution in [2.45, 2.75) is 26.3 Å². The number of hydrogen-bond donors (Lipinski definition) is 3. The molecule has 0 saturated carbocycles. The minimum atomic E-state index is -0.537. The minimum absolute atomic E-state index is 0.130. The number of nitrogens with one attached hydrogen (secondary N) is 2. The summed E-state index contributed by atoms with van der Waals surface area (Å²) in [6, 6.07) is -0.537. The highest BCUT2D eigenvalue weighted by Crippen LogP contribution is 2.06. The Morgan fingerprint density at radius 2 is 2.43 bits per heavy atom. The Bertz CT molecular complexity index is 284. The van der Waals surface area contributed by atoms with Gasteiger partial charge < -0.3 is 5.73 Å². The van der Waals surface area contributed by atoms with Crippen molar-refractivity contribution in [3.05, 3.63) is 0 Å². The number of nitrogens with zero attached hydrogens (tertiary/aromatic N) is 3. The second kappa shape index (κ2) is 4.66. The van der Waals surface area contributed by atoms with Crippen LogP contribution in [-0.2, 0) is 4.79 Å². The molecule has 14 heavy (non-hydrogen) atoms. The first-order valence-corrected chi connectivity index (χ1v) is 4.45. The number of H-pyrrole nitrogens is 1. The molecule has 0 aliphatic rings. The molecule has 1 heterocycles. The monoisotopic (exact) mass is 198 g/mol. The Labute approximate surface area is 81.4 Å². The number of nitrogens with two attached hydrogens (primary N) is 1. The van der Waals surface area contributed by atoms with E-state index in [0.717, 1.165) is 6.42 Å². The highest BCUT2D eigenvalue weighted by atomic mass is 16.2. The van der Waals surface area contributed by atoms with Crippen LogP contribution >= 0.6 is 0 Å². The molecular formula is C7H14N6O. The fraction of sp³-hybridized carbons (Fsp3) is 0.714. The maximum Gasteiger partial charge on any atom is 0.246 e. The number of amides is 1. The van der Waals surface area contributed by atoms with Crippen LogP contribution in [0.4, 0.5) is 5.95 Å².